The molecule has 0 atom stereocenters. The molecule has 1 saturated heterocycles. The molecule has 0 saturated carbocycles. The van der Waals surface area contributed by atoms with E-state index in [-0.39, 0.29) is 16.5 Å². The van der Waals surface area contributed by atoms with Crippen LogP contribution in [0, 0.1) is 17.0 Å². The van der Waals surface area contributed by atoms with Crippen molar-refractivity contribution in [2.45, 2.75) is 11.8 Å². The van der Waals surface area contributed by atoms with Crippen LogP contribution in [0.25, 0.3) is 10.2 Å². The highest BCUT2D eigenvalue weighted by Gasteiger charge is 2.20. The lowest BCUT2D eigenvalue weighted by Gasteiger charge is -2.34. The zero-order valence-corrected chi connectivity index (χ0v) is 19.5. The predicted octanol–water partition coefficient (Wildman–Crippen LogP) is 3.54. The number of nitro groups is 1. The van der Waals surface area contributed by atoms with Crippen molar-refractivity contribution >= 4 is 50.0 Å². The molecule has 1 fully saturated rings. The summed E-state index contributed by atoms with van der Waals surface area (Å²) >= 11 is 3.04. The van der Waals surface area contributed by atoms with Crippen LogP contribution in [-0.4, -0.2) is 65.7 Å². The summed E-state index contributed by atoms with van der Waals surface area (Å²) in [5.41, 5.74) is 2.10. The Hall–Kier alpha value is -2.69. The lowest BCUT2D eigenvalue weighted by molar-refractivity contribution is -0.384. The third-order valence-corrected chi connectivity index (χ3v) is 7.45. The highest BCUT2D eigenvalue weighted by atomic mass is 32.2. The number of fused-ring (bicyclic) bond motifs is 1. The summed E-state index contributed by atoms with van der Waals surface area (Å²) in [5, 5.41) is 14.9. The lowest BCUT2D eigenvalue weighted by atomic mass is 10.2. The molecule has 1 N–H and O–H groups in total. The van der Waals surface area contributed by atoms with Crippen LogP contribution >= 0.6 is 23.1 Å². The predicted molar refractivity (Wildman–Crippen MR) is 130 cm³/mol. The average molecular weight is 472 g/mol. The summed E-state index contributed by atoms with van der Waals surface area (Å²) in [5.74, 6) is 0.477. The number of hydrogen-bond acceptors (Lipinski definition) is 8. The molecular weight excluding hydrogens is 446 g/mol. The van der Waals surface area contributed by atoms with E-state index in [1.807, 2.05) is 19.1 Å². The van der Waals surface area contributed by atoms with Crippen molar-refractivity contribution in [3.05, 3.63) is 58.1 Å². The van der Waals surface area contributed by atoms with Gasteiger partial charge in [0.1, 0.15) is 0 Å². The molecule has 0 spiro atoms. The number of anilines is 1. The first-order valence-electron chi connectivity index (χ1n) is 10.5. The van der Waals surface area contributed by atoms with Crippen LogP contribution in [0.15, 0.2) is 47.4 Å². The number of thioether (sulfide) groups is 1. The second kappa shape index (κ2) is 10.3. The van der Waals surface area contributed by atoms with Gasteiger partial charge < -0.3 is 10.2 Å². The molecule has 2 heterocycles. The van der Waals surface area contributed by atoms with E-state index in [1.54, 1.807) is 23.9 Å². The number of nitrogens with one attached hydrogen (secondary N) is 1. The molecule has 3 aromatic rings. The fraction of sp³-hybridized carbons (Fsp3) is 0.364. The molecule has 1 aliphatic rings. The second-order valence-corrected chi connectivity index (χ2v) is 9.74. The second-order valence-electron chi connectivity index (χ2n) is 7.69. The molecule has 0 bridgehead atoms. The highest BCUT2D eigenvalue weighted by molar-refractivity contribution is 8.00. The minimum Gasteiger partial charge on any atom is -0.354 e. The minimum absolute atomic E-state index is 0.0535. The number of carbonyl (C=O) groups is 1. The van der Waals surface area contributed by atoms with Crippen LogP contribution in [0.1, 0.15) is 5.56 Å². The average Bonchev–Trinajstić information content (AvgIpc) is 3.22. The maximum absolute atomic E-state index is 12.1. The summed E-state index contributed by atoms with van der Waals surface area (Å²) in [7, 11) is 0. The molecule has 4 rings (SSSR count). The van der Waals surface area contributed by atoms with E-state index in [0.29, 0.717) is 12.3 Å². The van der Waals surface area contributed by atoms with E-state index in [4.69, 9.17) is 0 Å². The Bertz CT molecular complexity index is 1090. The Kier molecular flexibility index (Phi) is 7.23. The number of aryl methyl sites for hydroxylation is 1. The molecule has 0 radical (unpaired) electrons. The highest BCUT2D eigenvalue weighted by Crippen LogP contribution is 2.31. The Balaban J connectivity index is 1.19. The standard InChI is InChI=1S/C22H25N5O3S2/c1-16-2-5-18(6-3-16)31-15-21(28)23-8-9-25-10-12-26(13-11-25)22-24-19-7-4-17(27(29)30)14-20(19)32-22/h2-7,14H,8-13,15H2,1H3,(H,23,28). The number of thiazole rings is 1. The number of benzene rings is 2. The van der Waals surface area contributed by atoms with E-state index in [2.05, 4.69) is 32.2 Å². The Morgan fingerprint density at radius 3 is 2.66 bits per heavy atom. The van der Waals surface area contributed by atoms with Crippen molar-refractivity contribution in [3.63, 3.8) is 0 Å². The van der Waals surface area contributed by atoms with Gasteiger partial charge in [0, 0.05) is 56.3 Å². The van der Waals surface area contributed by atoms with E-state index >= 15 is 0 Å². The van der Waals surface area contributed by atoms with Gasteiger partial charge in [0.05, 0.1) is 20.9 Å². The molecule has 168 valence electrons. The van der Waals surface area contributed by atoms with Gasteiger partial charge in [0.15, 0.2) is 5.13 Å². The third kappa shape index (κ3) is 5.76. The maximum atomic E-state index is 12.1. The molecule has 0 aliphatic carbocycles. The first-order valence-corrected chi connectivity index (χ1v) is 12.3. The smallest absolute Gasteiger partial charge is 0.270 e. The molecule has 1 aliphatic heterocycles. The third-order valence-electron chi connectivity index (χ3n) is 5.36. The number of amides is 1. The fourth-order valence-electron chi connectivity index (χ4n) is 3.50. The Morgan fingerprint density at radius 2 is 1.94 bits per heavy atom. The first-order chi connectivity index (χ1) is 15.5. The SMILES string of the molecule is Cc1ccc(SCC(=O)NCCN2CCN(c3nc4ccc([N+](=O)[O-])cc4s3)CC2)cc1. The van der Waals surface area contributed by atoms with Crippen molar-refractivity contribution in [3.8, 4) is 0 Å². The number of aromatic nitrogens is 1. The van der Waals surface area contributed by atoms with E-state index < -0.39 is 0 Å². The van der Waals surface area contributed by atoms with Gasteiger partial charge in [-0.3, -0.25) is 19.8 Å². The van der Waals surface area contributed by atoms with Gasteiger partial charge in [0.25, 0.3) is 5.69 Å². The number of rotatable bonds is 8. The van der Waals surface area contributed by atoms with Crippen LogP contribution in [0.3, 0.4) is 0 Å². The minimum atomic E-state index is -0.377. The first kappa shape index (κ1) is 22.5. The molecular formula is C22H25N5O3S2. The van der Waals surface area contributed by atoms with Crippen LogP contribution in [0.5, 0.6) is 0 Å². The summed E-state index contributed by atoms with van der Waals surface area (Å²) in [6.07, 6.45) is 0. The van der Waals surface area contributed by atoms with Gasteiger partial charge in [-0.15, -0.1) is 11.8 Å². The zero-order valence-electron chi connectivity index (χ0n) is 17.8. The number of nitro benzene ring substituents is 1. The number of piperazine rings is 1. The molecule has 10 heteroatoms. The van der Waals surface area contributed by atoms with Crippen molar-refractivity contribution in [2.75, 3.05) is 49.9 Å². The molecule has 2 aromatic carbocycles. The molecule has 8 nitrogen and oxygen atoms in total. The summed E-state index contributed by atoms with van der Waals surface area (Å²) in [4.78, 5) is 33.0. The number of non-ortho nitro benzene ring substituents is 1. The quantitative estimate of drug-likeness (QED) is 0.305. The normalized spacial score (nSPS) is 14.6. The molecule has 1 amide bonds. The van der Waals surface area contributed by atoms with E-state index in [9.17, 15) is 14.9 Å². The van der Waals surface area contributed by atoms with Gasteiger partial charge in [-0.25, -0.2) is 4.98 Å². The van der Waals surface area contributed by atoms with Crippen molar-refractivity contribution < 1.29 is 9.72 Å². The van der Waals surface area contributed by atoms with Crippen molar-refractivity contribution in [1.29, 1.82) is 0 Å². The van der Waals surface area contributed by atoms with Crippen LogP contribution in [0.2, 0.25) is 0 Å². The number of carbonyl (C=O) groups excluding carboxylic acids is 1. The Labute approximate surface area is 194 Å². The van der Waals surface area contributed by atoms with Crippen molar-refractivity contribution in [1.82, 2.24) is 15.2 Å². The van der Waals surface area contributed by atoms with Gasteiger partial charge in [-0.05, 0) is 25.1 Å². The van der Waals surface area contributed by atoms with Crippen LogP contribution < -0.4 is 10.2 Å². The van der Waals surface area contributed by atoms with Crippen LogP contribution in [0.4, 0.5) is 10.8 Å². The maximum Gasteiger partial charge on any atom is 0.270 e. The van der Waals surface area contributed by atoms with Crippen molar-refractivity contribution in [2.24, 2.45) is 0 Å². The largest absolute Gasteiger partial charge is 0.354 e. The van der Waals surface area contributed by atoms with Gasteiger partial charge >= 0.3 is 0 Å². The summed E-state index contributed by atoms with van der Waals surface area (Å²) < 4.78 is 0.836. The fourth-order valence-corrected chi connectivity index (χ4v) is 5.28. The zero-order chi connectivity index (χ0) is 22.5. The lowest BCUT2D eigenvalue weighted by Crippen LogP contribution is -2.48. The molecule has 1 aromatic heterocycles. The van der Waals surface area contributed by atoms with Gasteiger partial charge in [-0.1, -0.05) is 29.0 Å². The molecule has 32 heavy (non-hydrogen) atoms. The van der Waals surface area contributed by atoms with Crippen LogP contribution in [-0.2, 0) is 4.79 Å². The van der Waals surface area contributed by atoms with E-state index in [1.165, 1.54) is 23.0 Å². The van der Waals surface area contributed by atoms with Gasteiger partial charge in [-0.2, -0.15) is 0 Å². The summed E-state index contributed by atoms with van der Waals surface area (Å²) in [6, 6.07) is 13.0. The van der Waals surface area contributed by atoms with E-state index in [0.717, 1.165) is 53.0 Å². The number of nitrogens with zero attached hydrogens (tertiary/aromatic N) is 4. The monoisotopic (exact) mass is 471 g/mol. The van der Waals surface area contributed by atoms with Gasteiger partial charge in [0.2, 0.25) is 5.91 Å². The summed E-state index contributed by atoms with van der Waals surface area (Å²) in [6.45, 7) is 6.99. The number of hydrogen-bond donors (Lipinski definition) is 1. The molecule has 0 unspecified atom stereocenters. The Morgan fingerprint density at radius 1 is 1.19 bits per heavy atom. The topological polar surface area (TPSA) is 91.6 Å².